The molecule has 0 bridgehead atoms. The number of para-hydroxylation sites is 1. The van der Waals surface area contributed by atoms with E-state index >= 15 is 0 Å². The zero-order chi connectivity index (χ0) is 37.4. The first kappa shape index (κ1) is 32.5. The molecule has 0 unspecified atom stereocenters. The van der Waals surface area contributed by atoms with E-state index in [-0.39, 0.29) is 5.41 Å². The van der Waals surface area contributed by atoms with Crippen LogP contribution >= 0.6 is 0 Å². The van der Waals surface area contributed by atoms with Gasteiger partial charge in [-0.3, -0.25) is 4.90 Å². The maximum Gasteiger partial charge on any atom is 0.213 e. The summed E-state index contributed by atoms with van der Waals surface area (Å²) in [6, 6.07) is 72.9. The smallest absolute Gasteiger partial charge is 0.213 e. The highest BCUT2D eigenvalue weighted by Gasteiger charge is 2.53. The van der Waals surface area contributed by atoms with Gasteiger partial charge in [0.25, 0.3) is 0 Å². The maximum atomic E-state index is 6.98. The van der Waals surface area contributed by atoms with Crippen molar-refractivity contribution >= 4 is 28.2 Å². The van der Waals surface area contributed by atoms with Gasteiger partial charge in [0.2, 0.25) is 5.88 Å². The number of hydrogen-bond acceptors (Lipinski definition) is 2. The highest BCUT2D eigenvalue weighted by molar-refractivity contribution is 6.03. The molecule has 9 aromatic rings. The number of fused-ring (bicyclic) bond motifs is 10. The van der Waals surface area contributed by atoms with Crippen molar-refractivity contribution in [1.29, 1.82) is 0 Å². The number of nitrogens with zero attached hydrogens (tertiary/aromatic N) is 1. The third-order valence-corrected chi connectivity index (χ3v) is 12.4. The Morgan fingerprint density at radius 1 is 0.393 bits per heavy atom. The van der Waals surface area contributed by atoms with Gasteiger partial charge in [0.05, 0.1) is 11.0 Å². The number of hydrogen-bond donors (Lipinski definition) is 0. The molecule has 0 fully saturated rings. The molecule has 0 aliphatic heterocycles. The molecule has 1 spiro atoms. The molecule has 1 heterocycles. The summed E-state index contributed by atoms with van der Waals surface area (Å²) >= 11 is 0. The second kappa shape index (κ2) is 12.3. The van der Waals surface area contributed by atoms with Crippen molar-refractivity contribution in [3.63, 3.8) is 0 Å². The fraction of sp³-hybridized carbons (Fsp3) is 0.0741. The molecule has 1 aromatic heterocycles. The van der Waals surface area contributed by atoms with E-state index in [1.165, 1.54) is 55.6 Å². The van der Waals surface area contributed by atoms with Crippen LogP contribution in [0.3, 0.4) is 0 Å². The Morgan fingerprint density at radius 3 is 1.57 bits per heavy atom. The first-order valence-corrected chi connectivity index (χ1v) is 19.5. The summed E-state index contributed by atoms with van der Waals surface area (Å²) in [6.07, 6.45) is 0. The molecule has 8 aromatic carbocycles. The van der Waals surface area contributed by atoms with Crippen LogP contribution in [0.2, 0.25) is 0 Å². The minimum Gasteiger partial charge on any atom is -0.439 e. The third kappa shape index (κ3) is 4.56. The van der Waals surface area contributed by atoms with Gasteiger partial charge in [-0.2, -0.15) is 0 Å². The highest BCUT2D eigenvalue weighted by atomic mass is 16.4. The van der Waals surface area contributed by atoms with Gasteiger partial charge in [-0.05, 0) is 91.5 Å². The van der Waals surface area contributed by atoms with E-state index in [2.05, 4.69) is 219 Å². The molecule has 2 nitrogen and oxygen atoms in total. The van der Waals surface area contributed by atoms with Crippen molar-refractivity contribution in [2.75, 3.05) is 4.90 Å². The van der Waals surface area contributed by atoms with Gasteiger partial charge >= 0.3 is 0 Å². The number of rotatable bonds is 5. The Morgan fingerprint density at radius 2 is 0.893 bits per heavy atom. The Hall–Kier alpha value is -6.90. The second-order valence-corrected chi connectivity index (χ2v) is 15.6. The van der Waals surface area contributed by atoms with Crippen LogP contribution in [0.5, 0.6) is 0 Å². The molecule has 0 atom stereocenters. The molecule has 0 radical (unpaired) electrons. The fourth-order valence-electron chi connectivity index (χ4n) is 9.88. The van der Waals surface area contributed by atoms with Gasteiger partial charge in [0.15, 0.2) is 0 Å². The van der Waals surface area contributed by atoms with E-state index in [0.29, 0.717) is 0 Å². The van der Waals surface area contributed by atoms with Crippen LogP contribution in [-0.4, -0.2) is 0 Å². The zero-order valence-corrected chi connectivity index (χ0v) is 31.4. The van der Waals surface area contributed by atoms with Gasteiger partial charge in [0, 0.05) is 22.2 Å². The van der Waals surface area contributed by atoms with Crippen molar-refractivity contribution in [2.45, 2.75) is 24.7 Å². The van der Waals surface area contributed by atoms with Crippen LogP contribution in [0.1, 0.15) is 47.2 Å². The van der Waals surface area contributed by atoms with Crippen LogP contribution < -0.4 is 4.90 Å². The van der Waals surface area contributed by atoms with Crippen LogP contribution in [0, 0.1) is 0 Å². The average molecular weight is 718 g/mol. The van der Waals surface area contributed by atoms with E-state index in [1.54, 1.807) is 0 Å². The lowest BCUT2D eigenvalue weighted by Crippen LogP contribution is -2.40. The predicted octanol–water partition coefficient (Wildman–Crippen LogP) is 14.2. The monoisotopic (exact) mass is 717 g/mol. The molecular formula is C54H39NO. The molecule has 266 valence electrons. The maximum absolute atomic E-state index is 6.98. The van der Waals surface area contributed by atoms with Crippen molar-refractivity contribution in [3.8, 4) is 33.4 Å². The van der Waals surface area contributed by atoms with Crippen LogP contribution in [-0.2, 0) is 10.8 Å². The molecule has 2 heteroatoms. The first-order chi connectivity index (χ1) is 27.5. The van der Waals surface area contributed by atoms with Crippen LogP contribution in [0.4, 0.5) is 17.3 Å². The number of anilines is 3. The van der Waals surface area contributed by atoms with E-state index < -0.39 is 5.41 Å². The van der Waals surface area contributed by atoms with Gasteiger partial charge in [-0.15, -0.1) is 0 Å². The molecule has 2 aliphatic carbocycles. The van der Waals surface area contributed by atoms with Crippen LogP contribution in [0.15, 0.2) is 205 Å². The summed E-state index contributed by atoms with van der Waals surface area (Å²) in [4.78, 5) is 2.32. The standard InChI is InChI=1S/C54H39NO/c1-53(2)46-24-12-14-26-48(46)54(49-27-15-13-25-47(49)53)44-23-11-9-21-41(44)43-35-40(33-34-45(43)54)55(39-31-29-37(30-32-39)36-17-5-3-6-18-36)52-51(38-19-7-4-8-20-38)42-22-10-16-28-50(42)56-52/h3-35H,1-2H3. The lowest BCUT2D eigenvalue weighted by molar-refractivity contribution is 0.563. The van der Waals surface area contributed by atoms with Crippen LogP contribution in [0.25, 0.3) is 44.3 Å². The molecule has 0 saturated heterocycles. The molecular weight excluding hydrogens is 679 g/mol. The third-order valence-electron chi connectivity index (χ3n) is 12.4. The molecule has 0 amide bonds. The molecule has 0 N–H and O–H groups in total. The van der Waals surface area contributed by atoms with Gasteiger partial charge in [-0.25, -0.2) is 0 Å². The quantitative estimate of drug-likeness (QED) is 0.176. The normalized spacial score (nSPS) is 14.2. The Bertz CT molecular complexity index is 2890. The highest BCUT2D eigenvalue weighted by Crippen LogP contribution is 2.62. The topological polar surface area (TPSA) is 16.4 Å². The van der Waals surface area contributed by atoms with E-state index in [1.807, 2.05) is 0 Å². The first-order valence-electron chi connectivity index (χ1n) is 19.5. The lowest BCUT2D eigenvalue weighted by atomic mass is 9.55. The number of furan rings is 1. The predicted molar refractivity (Wildman–Crippen MR) is 231 cm³/mol. The van der Waals surface area contributed by atoms with Crippen molar-refractivity contribution in [2.24, 2.45) is 0 Å². The van der Waals surface area contributed by atoms with Crippen molar-refractivity contribution in [1.82, 2.24) is 0 Å². The molecule has 2 aliphatic rings. The van der Waals surface area contributed by atoms with E-state index in [0.717, 1.165) is 39.4 Å². The Balaban J connectivity index is 1.18. The van der Waals surface area contributed by atoms with Crippen molar-refractivity contribution in [3.05, 3.63) is 234 Å². The molecule has 0 saturated carbocycles. The minimum atomic E-state index is -0.454. The summed E-state index contributed by atoms with van der Waals surface area (Å²) in [5.41, 5.74) is 17.5. The largest absolute Gasteiger partial charge is 0.439 e. The lowest BCUT2D eigenvalue weighted by Gasteiger charge is -2.46. The molecule has 11 rings (SSSR count). The zero-order valence-electron chi connectivity index (χ0n) is 31.4. The summed E-state index contributed by atoms with van der Waals surface area (Å²) in [6.45, 7) is 4.75. The summed E-state index contributed by atoms with van der Waals surface area (Å²) in [5.74, 6) is 0.793. The van der Waals surface area contributed by atoms with E-state index in [9.17, 15) is 0 Å². The SMILES string of the molecule is CC1(C)c2ccccc2C2(c3ccccc3-c3cc(N(c4ccc(-c5ccccc5)cc4)c4oc5ccccc5c4-c4ccccc4)ccc32)c2ccccc21. The van der Waals surface area contributed by atoms with Gasteiger partial charge < -0.3 is 4.42 Å². The summed E-state index contributed by atoms with van der Waals surface area (Å²) in [5, 5.41) is 1.09. The van der Waals surface area contributed by atoms with Gasteiger partial charge in [0.1, 0.15) is 5.58 Å². The Kier molecular flexibility index (Phi) is 7.15. The molecule has 56 heavy (non-hydrogen) atoms. The second-order valence-electron chi connectivity index (χ2n) is 15.6. The Labute approximate surface area is 328 Å². The fourth-order valence-corrected chi connectivity index (χ4v) is 9.88. The minimum absolute atomic E-state index is 0.145. The number of benzene rings is 8. The average Bonchev–Trinajstić information content (AvgIpc) is 3.78. The van der Waals surface area contributed by atoms with Crippen molar-refractivity contribution < 1.29 is 4.42 Å². The summed E-state index contributed by atoms with van der Waals surface area (Å²) < 4.78 is 6.98. The van der Waals surface area contributed by atoms with Gasteiger partial charge in [-0.1, -0.05) is 184 Å². The summed E-state index contributed by atoms with van der Waals surface area (Å²) in [7, 11) is 0. The van der Waals surface area contributed by atoms with E-state index in [4.69, 9.17) is 4.42 Å².